The van der Waals surface area contributed by atoms with E-state index in [0.717, 1.165) is 161 Å². The Morgan fingerprint density at radius 2 is 0.236 bits per heavy atom. The van der Waals surface area contributed by atoms with Crippen LogP contribution >= 0.6 is 21.6 Å². The Hall–Kier alpha value is -0.180. The van der Waals surface area contributed by atoms with Crippen LogP contribution in [0, 0.1) is 94.7 Å². The highest BCUT2D eigenvalue weighted by atomic mass is 33.1. The van der Waals surface area contributed by atoms with E-state index in [1.165, 1.54) is 231 Å². The molecule has 0 amide bonds. The van der Waals surface area contributed by atoms with Gasteiger partial charge in [0.2, 0.25) is 0 Å². The van der Waals surface area contributed by atoms with Gasteiger partial charge >= 0.3 is 0 Å². The molecule has 24 heteroatoms. The highest BCUT2D eigenvalue weighted by Gasteiger charge is 2.20. The topological polar surface area (TPSA) is 203 Å². The summed E-state index contributed by atoms with van der Waals surface area (Å²) >= 11 is 0. The predicted octanol–water partition coefficient (Wildman–Crippen LogP) is 30.1. The van der Waals surface area contributed by atoms with Gasteiger partial charge in [0, 0.05) is 51.1 Å². The molecule has 890 valence electrons. The highest BCUT2D eigenvalue weighted by Crippen LogP contribution is 2.30. The van der Waals surface area contributed by atoms with Crippen LogP contribution in [0.3, 0.4) is 0 Å². The fourth-order valence-corrected chi connectivity index (χ4v) is 20.5. The maximum atomic E-state index is 6.48. The fourth-order valence-electron chi connectivity index (χ4n) is 18.4. The number of ether oxygens (including phenoxy) is 22. The lowest BCUT2D eigenvalue weighted by atomic mass is 9.91. The monoisotopic (exact) mass is 2160 g/mol. The van der Waals surface area contributed by atoms with Crippen LogP contribution < -0.4 is 0 Å². The molecule has 14 unspecified atom stereocenters. The Kier molecular flexibility index (Phi) is 116. The molecule has 0 aromatic carbocycles. The Morgan fingerprint density at radius 3 is 0.392 bits per heavy atom. The molecule has 148 heavy (non-hydrogen) atoms. The Morgan fingerprint density at radius 1 is 0.115 bits per heavy atom. The first-order valence-corrected chi connectivity index (χ1v) is 64.4. The van der Waals surface area contributed by atoms with Crippen LogP contribution in [-0.4, -0.2) is 301 Å². The maximum absolute atomic E-state index is 6.48. The van der Waals surface area contributed by atoms with Gasteiger partial charge in [-0.05, 0) is 133 Å². The lowest BCUT2D eigenvalue weighted by Crippen LogP contribution is -2.28. The summed E-state index contributed by atoms with van der Waals surface area (Å²) in [7, 11) is 3.77. The number of rotatable bonds is 127. The van der Waals surface area contributed by atoms with Crippen molar-refractivity contribution < 1.29 is 104 Å². The fraction of sp³-hybridized carbons (Fsp3) is 1.00. The van der Waals surface area contributed by atoms with Crippen molar-refractivity contribution in [1.82, 2.24) is 0 Å². The summed E-state index contributed by atoms with van der Waals surface area (Å²) in [5.41, 5.74) is 0. The average molecular weight is 2160 g/mol. The van der Waals surface area contributed by atoms with Gasteiger partial charge in [0.15, 0.2) is 0 Å². The summed E-state index contributed by atoms with van der Waals surface area (Å²) in [5, 5.41) is 0. The maximum Gasteiger partial charge on any atom is 0.104 e. The molecule has 0 fully saturated rings. The molecular weight excluding hydrogens is 1910 g/mol. The third-order valence-corrected chi connectivity index (χ3v) is 31.4. The van der Waals surface area contributed by atoms with Crippen molar-refractivity contribution >= 4 is 21.6 Å². The van der Waals surface area contributed by atoms with E-state index in [2.05, 4.69) is 138 Å². The van der Waals surface area contributed by atoms with E-state index >= 15 is 0 Å². The summed E-state index contributed by atoms with van der Waals surface area (Å²) in [4.78, 5) is 0. The zero-order valence-electron chi connectivity index (χ0n) is 101. The molecule has 22 nitrogen and oxygen atoms in total. The Bertz CT molecular complexity index is 2350. The van der Waals surface area contributed by atoms with E-state index in [4.69, 9.17) is 104 Å². The second-order valence-electron chi connectivity index (χ2n) is 46.6. The van der Waals surface area contributed by atoms with Crippen LogP contribution in [0.15, 0.2) is 0 Å². The summed E-state index contributed by atoms with van der Waals surface area (Å²) in [6, 6.07) is 0. The Labute approximate surface area is 924 Å². The van der Waals surface area contributed by atoms with Crippen LogP contribution in [0.1, 0.15) is 408 Å². The van der Waals surface area contributed by atoms with Gasteiger partial charge in [0.25, 0.3) is 0 Å². The molecule has 0 aliphatic carbocycles. The van der Waals surface area contributed by atoms with Crippen LogP contribution in [0.5, 0.6) is 0 Å². The first-order valence-electron chi connectivity index (χ1n) is 62.0. The van der Waals surface area contributed by atoms with E-state index in [1.54, 1.807) is 0 Å². The van der Waals surface area contributed by atoms with Crippen molar-refractivity contribution in [3.05, 3.63) is 0 Å². The van der Waals surface area contributed by atoms with Crippen molar-refractivity contribution in [3.63, 3.8) is 0 Å². The van der Waals surface area contributed by atoms with Gasteiger partial charge in [-0.3, -0.25) is 0 Å². The quantitative estimate of drug-likeness (QED) is 0.0410. The molecule has 0 aliphatic heterocycles. The van der Waals surface area contributed by atoms with Gasteiger partial charge < -0.3 is 104 Å². The zero-order valence-corrected chi connectivity index (χ0v) is 103. The second-order valence-corrected chi connectivity index (χ2v) is 49.3. The van der Waals surface area contributed by atoms with Crippen LogP contribution in [0.2, 0.25) is 0 Å². The van der Waals surface area contributed by atoms with Gasteiger partial charge in [0.1, 0.15) is 12.2 Å². The van der Waals surface area contributed by atoms with Crippen LogP contribution in [-0.2, 0) is 104 Å². The lowest BCUT2D eigenvalue weighted by Gasteiger charge is -2.21. The molecule has 0 radical (unpaired) electrons. The molecule has 0 spiro atoms. The molecule has 0 N–H and O–H groups in total. The third-order valence-electron chi connectivity index (χ3n) is 28.8. The van der Waals surface area contributed by atoms with Gasteiger partial charge in [-0.1, -0.05) is 391 Å². The van der Waals surface area contributed by atoms with Crippen molar-refractivity contribution in [1.29, 1.82) is 0 Å². The molecule has 0 saturated heterocycles. The normalized spacial score (nSPS) is 15.2. The summed E-state index contributed by atoms with van der Waals surface area (Å²) in [6.45, 7) is 71.1. The van der Waals surface area contributed by atoms with E-state index in [1.807, 2.05) is 21.6 Å². The zero-order chi connectivity index (χ0) is 108. The standard InChI is InChI=1S/C124H250O22S2/c1-107(2)35-21-39-111(9)43-25-47-115(13)51-29-55-119(17)59-65-141-103-123(145-67-61-121(19)57-31-53-117(15)49-27-45-113(11)41-23-37-109(5)6)105-143-99-97-139-95-93-137-91-89-135-87-85-133-83-81-131-79-77-129-75-73-127-71-69-125-63-33-101-147-148-102-34-64-126-70-72-128-74-76-130-78-80-132-82-84-134-86-88-136-90-92-138-94-96-140-98-100-144-106-124(146-68-62-122(20)58-32-54-118(16)50-28-46-114(12)42-24-38-110(7)8)104-142-66-60-120(18)56-30-52-116(14)48-26-44-112(10)40-22-36-108(3)4/h107-124H,21-106H2,1-20H3. The van der Waals surface area contributed by atoms with Crippen molar-refractivity contribution in [2.75, 3.05) is 289 Å². The minimum atomic E-state index is -0.0850. The number of hydrogen-bond acceptors (Lipinski definition) is 24. The largest absolute Gasteiger partial charge is 0.379 e. The Balaban J connectivity index is 3.89. The minimum Gasteiger partial charge on any atom is -0.379 e. The van der Waals surface area contributed by atoms with E-state index < -0.39 is 0 Å². The SMILES string of the molecule is CC(C)CCCC(C)CCCC(C)CCCC(C)CCOCC(COCCOCCOCCOCCOCCOCCOCCOCCOCCCSSCCCOCCOCCOCCOCCOCCOCCOCCOCCOCC(COCCC(C)CCCC(C)CCCC(C)CCCC(C)C)OCCC(C)CCCC(C)CCCC(C)CCCC(C)C)OCCC(C)CCCC(C)CCCC(C)CCCC(C)C. The van der Waals surface area contributed by atoms with Crippen molar-refractivity contribution in [2.45, 2.75) is 420 Å². The molecule has 0 aromatic rings. The first-order chi connectivity index (χ1) is 71.9. The smallest absolute Gasteiger partial charge is 0.104 e. The highest BCUT2D eigenvalue weighted by molar-refractivity contribution is 8.76. The van der Waals surface area contributed by atoms with Crippen molar-refractivity contribution in [2.24, 2.45) is 94.7 Å². The minimum absolute atomic E-state index is 0.0850. The van der Waals surface area contributed by atoms with E-state index in [-0.39, 0.29) is 12.2 Å². The molecule has 0 saturated carbocycles. The second kappa shape index (κ2) is 116. The van der Waals surface area contributed by atoms with Gasteiger partial charge in [-0.25, -0.2) is 0 Å². The molecule has 0 aromatic heterocycles. The van der Waals surface area contributed by atoms with Gasteiger partial charge in [0.05, 0.1) is 238 Å². The van der Waals surface area contributed by atoms with Gasteiger partial charge in [-0.15, -0.1) is 0 Å². The molecule has 0 bridgehead atoms. The molecule has 0 heterocycles. The first kappa shape index (κ1) is 148. The summed E-state index contributed by atoms with van der Waals surface area (Å²) in [5.74, 6) is 14.8. The summed E-state index contributed by atoms with van der Waals surface area (Å²) in [6.07, 6.45) is 55.0. The molecule has 0 rings (SSSR count). The molecule has 14 atom stereocenters. The van der Waals surface area contributed by atoms with E-state index in [0.29, 0.717) is 262 Å². The third kappa shape index (κ3) is 118. The lowest BCUT2D eigenvalue weighted by molar-refractivity contribution is -0.0723. The van der Waals surface area contributed by atoms with Crippen molar-refractivity contribution in [3.8, 4) is 0 Å². The average Bonchev–Trinajstić information content (AvgIpc) is 0.977. The summed E-state index contributed by atoms with van der Waals surface area (Å²) < 4.78 is 129. The molecular formula is C124H250O22S2. The van der Waals surface area contributed by atoms with Crippen LogP contribution in [0.25, 0.3) is 0 Å². The molecule has 0 aliphatic rings. The van der Waals surface area contributed by atoms with Gasteiger partial charge in [-0.2, -0.15) is 0 Å². The van der Waals surface area contributed by atoms with Crippen LogP contribution in [0.4, 0.5) is 0 Å². The number of hydrogen-bond donors (Lipinski definition) is 0. The predicted molar refractivity (Wildman–Crippen MR) is 624 cm³/mol. The van der Waals surface area contributed by atoms with E-state index in [9.17, 15) is 0 Å².